The van der Waals surface area contributed by atoms with E-state index >= 15 is 0 Å². The predicted octanol–water partition coefficient (Wildman–Crippen LogP) is 1.54. The second-order valence-corrected chi connectivity index (χ2v) is 5.55. The standard InChI is InChI=1S/C16H24N2O3.ClH/c1-20-12-16(8-3-9-18-16)11-17-15(19)10-13-4-6-14(21-2)7-5-13;/h4-7,18H,3,8-12H2,1-2H3,(H,17,19);1H. The van der Waals surface area contributed by atoms with E-state index in [1.165, 1.54) is 0 Å². The maximum Gasteiger partial charge on any atom is 0.224 e. The molecule has 6 heteroatoms. The third-order valence-electron chi connectivity index (χ3n) is 3.90. The molecule has 1 aromatic rings. The highest BCUT2D eigenvalue weighted by Crippen LogP contribution is 2.19. The van der Waals surface area contributed by atoms with Crippen LogP contribution in [0.2, 0.25) is 0 Å². The predicted molar refractivity (Wildman–Crippen MR) is 88.8 cm³/mol. The Bertz CT molecular complexity index is 459. The lowest BCUT2D eigenvalue weighted by molar-refractivity contribution is -0.120. The van der Waals surface area contributed by atoms with Crippen molar-refractivity contribution in [2.75, 3.05) is 33.9 Å². The summed E-state index contributed by atoms with van der Waals surface area (Å²) in [6, 6.07) is 7.56. The summed E-state index contributed by atoms with van der Waals surface area (Å²) in [4.78, 5) is 12.1. The quantitative estimate of drug-likeness (QED) is 0.797. The summed E-state index contributed by atoms with van der Waals surface area (Å²) in [5, 5.41) is 6.46. The zero-order valence-electron chi connectivity index (χ0n) is 13.2. The van der Waals surface area contributed by atoms with Crippen molar-refractivity contribution in [2.45, 2.75) is 24.8 Å². The Morgan fingerprint density at radius 1 is 1.32 bits per heavy atom. The van der Waals surface area contributed by atoms with Crippen LogP contribution in [0, 0.1) is 0 Å². The monoisotopic (exact) mass is 328 g/mol. The van der Waals surface area contributed by atoms with Crippen LogP contribution >= 0.6 is 12.4 Å². The third-order valence-corrected chi connectivity index (χ3v) is 3.90. The fourth-order valence-corrected chi connectivity index (χ4v) is 2.73. The summed E-state index contributed by atoms with van der Waals surface area (Å²) < 4.78 is 10.4. The molecule has 1 atom stereocenters. The van der Waals surface area contributed by atoms with E-state index in [1.807, 2.05) is 24.3 Å². The molecule has 124 valence electrons. The molecule has 1 aliphatic rings. The maximum absolute atomic E-state index is 12.1. The van der Waals surface area contributed by atoms with Crippen molar-refractivity contribution in [2.24, 2.45) is 0 Å². The number of rotatable bonds is 7. The van der Waals surface area contributed by atoms with Gasteiger partial charge < -0.3 is 20.1 Å². The lowest BCUT2D eigenvalue weighted by atomic mass is 9.98. The van der Waals surface area contributed by atoms with Crippen LogP contribution in [0.15, 0.2) is 24.3 Å². The first-order valence-electron chi connectivity index (χ1n) is 7.31. The fraction of sp³-hybridized carbons (Fsp3) is 0.562. The number of amides is 1. The average Bonchev–Trinajstić information content (AvgIpc) is 2.95. The molecular formula is C16H25ClN2O3. The maximum atomic E-state index is 12.1. The third kappa shape index (κ3) is 5.16. The molecular weight excluding hydrogens is 304 g/mol. The van der Waals surface area contributed by atoms with Crippen LogP contribution < -0.4 is 15.4 Å². The highest BCUT2D eigenvalue weighted by atomic mass is 35.5. The van der Waals surface area contributed by atoms with E-state index in [0.29, 0.717) is 19.6 Å². The Balaban J connectivity index is 0.00000242. The molecule has 1 saturated heterocycles. The number of halogens is 1. The van der Waals surface area contributed by atoms with Crippen LogP contribution in [0.3, 0.4) is 0 Å². The Morgan fingerprint density at radius 3 is 2.59 bits per heavy atom. The summed E-state index contributed by atoms with van der Waals surface area (Å²) in [6.07, 6.45) is 2.54. The zero-order valence-corrected chi connectivity index (χ0v) is 14.0. The van der Waals surface area contributed by atoms with Gasteiger partial charge in [-0.3, -0.25) is 4.79 Å². The Kier molecular flexibility index (Phi) is 7.65. The first kappa shape index (κ1) is 18.7. The molecule has 1 amide bonds. The highest BCUT2D eigenvalue weighted by molar-refractivity contribution is 5.85. The molecule has 0 radical (unpaired) electrons. The number of ether oxygens (including phenoxy) is 2. The first-order valence-corrected chi connectivity index (χ1v) is 7.31. The topological polar surface area (TPSA) is 59.6 Å². The molecule has 0 saturated carbocycles. The van der Waals surface area contributed by atoms with Gasteiger partial charge in [0.15, 0.2) is 0 Å². The van der Waals surface area contributed by atoms with Crippen LogP contribution in [-0.4, -0.2) is 45.4 Å². The molecule has 1 aromatic carbocycles. The van der Waals surface area contributed by atoms with Crippen molar-refractivity contribution in [3.8, 4) is 5.75 Å². The minimum absolute atomic E-state index is 0. The Hall–Kier alpha value is -1.30. The smallest absolute Gasteiger partial charge is 0.224 e. The molecule has 1 unspecified atom stereocenters. The molecule has 0 aromatic heterocycles. The number of hydrogen-bond acceptors (Lipinski definition) is 4. The zero-order chi connectivity index (χ0) is 15.1. The molecule has 0 aliphatic carbocycles. The summed E-state index contributed by atoms with van der Waals surface area (Å²) >= 11 is 0. The molecule has 1 fully saturated rings. The van der Waals surface area contributed by atoms with Crippen molar-refractivity contribution in [1.29, 1.82) is 0 Å². The average molecular weight is 329 g/mol. The van der Waals surface area contributed by atoms with E-state index < -0.39 is 0 Å². The second-order valence-electron chi connectivity index (χ2n) is 5.55. The van der Waals surface area contributed by atoms with Crippen molar-refractivity contribution < 1.29 is 14.3 Å². The fourth-order valence-electron chi connectivity index (χ4n) is 2.73. The van der Waals surface area contributed by atoms with Gasteiger partial charge in [0.2, 0.25) is 5.91 Å². The van der Waals surface area contributed by atoms with Crippen molar-refractivity contribution in [1.82, 2.24) is 10.6 Å². The minimum Gasteiger partial charge on any atom is -0.497 e. The number of nitrogens with one attached hydrogen (secondary N) is 2. The molecule has 1 aliphatic heterocycles. The van der Waals surface area contributed by atoms with E-state index in [4.69, 9.17) is 9.47 Å². The van der Waals surface area contributed by atoms with Gasteiger partial charge in [0.25, 0.3) is 0 Å². The Morgan fingerprint density at radius 2 is 2.05 bits per heavy atom. The summed E-state index contributed by atoms with van der Waals surface area (Å²) in [7, 11) is 3.33. The molecule has 2 N–H and O–H groups in total. The molecule has 0 bridgehead atoms. The van der Waals surface area contributed by atoms with Crippen LogP contribution in [0.4, 0.5) is 0 Å². The SMILES string of the molecule is COCC1(CNC(=O)Cc2ccc(OC)cc2)CCCN1.Cl. The normalized spacial score (nSPS) is 20.3. The van der Waals surface area contributed by atoms with E-state index in [1.54, 1.807) is 14.2 Å². The van der Waals surface area contributed by atoms with E-state index in [-0.39, 0.29) is 23.9 Å². The molecule has 1 heterocycles. The van der Waals surface area contributed by atoms with Crippen LogP contribution in [0.25, 0.3) is 0 Å². The lowest BCUT2D eigenvalue weighted by Gasteiger charge is -2.29. The van der Waals surface area contributed by atoms with Crippen LogP contribution in [0.5, 0.6) is 5.75 Å². The molecule has 5 nitrogen and oxygen atoms in total. The number of methoxy groups -OCH3 is 2. The lowest BCUT2D eigenvalue weighted by Crippen LogP contribution is -2.53. The number of hydrogen-bond donors (Lipinski definition) is 2. The van der Waals surface area contributed by atoms with E-state index in [9.17, 15) is 4.79 Å². The minimum atomic E-state index is -0.107. The van der Waals surface area contributed by atoms with Gasteiger partial charge >= 0.3 is 0 Å². The number of carbonyl (C=O) groups excluding carboxylic acids is 1. The van der Waals surface area contributed by atoms with Gasteiger partial charge in [-0.2, -0.15) is 0 Å². The summed E-state index contributed by atoms with van der Waals surface area (Å²) in [5.74, 6) is 0.831. The van der Waals surface area contributed by atoms with Gasteiger partial charge in [0.05, 0.1) is 25.7 Å². The van der Waals surface area contributed by atoms with Gasteiger partial charge in [-0.05, 0) is 37.1 Å². The van der Waals surface area contributed by atoms with Crippen molar-refractivity contribution in [3.63, 3.8) is 0 Å². The summed E-state index contributed by atoms with van der Waals surface area (Å²) in [6.45, 7) is 2.21. The molecule has 22 heavy (non-hydrogen) atoms. The highest BCUT2D eigenvalue weighted by Gasteiger charge is 2.33. The Labute approximate surface area is 138 Å². The second kappa shape index (κ2) is 8.98. The number of carbonyl (C=O) groups is 1. The van der Waals surface area contributed by atoms with Crippen LogP contribution in [0.1, 0.15) is 18.4 Å². The van der Waals surface area contributed by atoms with Gasteiger partial charge in [-0.25, -0.2) is 0 Å². The van der Waals surface area contributed by atoms with Gasteiger partial charge in [-0.15, -0.1) is 12.4 Å². The van der Waals surface area contributed by atoms with Crippen molar-refractivity contribution >= 4 is 18.3 Å². The molecule has 2 rings (SSSR count). The van der Waals surface area contributed by atoms with Gasteiger partial charge in [0.1, 0.15) is 5.75 Å². The van der Waals surface area contributed by atoms with Gasteiger partial charge in [-0.1, -0.05) is 12.1 Å². The van der Waals surface area contributed by atoms with E-state index in [2.05, 4.69) is 10.6 Å². The number of benzene rings is 1. The molecule has 0 spiro atoms. The van der Waals surface area contributed by atoms with E-state index in [0.717, 1.165) is 30.7 Å². The largest absolute Gasteiger partial charge is 0.497 e. The van der Waals surface area contributed by atoms with Crippen molar-refractivity contribution in [3.05, 3.63) is 29.8 Å². The van der Waals surface area contributed by atoms with Gasteiger partial charge in [0, 0.05) is 13.7 Å². The first-order chi connectivity index (χ1) is 10.2. The summed E-state index contributed by atoms with van der Waals surface area (Å²) in [5.41, 5.74) is 0.873. The van der Waals surface area contributed by atoms with Crippen LogP contribution in [-0.2, 0) is 16.0 Å².